The SMILES string of the molecule is [S]c1ncncn1. The Hall–Kier alpha value is -0.770. The van der Waals surface area contributed by atoms with Crippen LogP contribution in [0.5, 0.6) is 0 Å². The molecule has 0 aliphatic heterocycles. The Labute approximate surface area is 46.2 Å². The summed E-state index contributed by atoms with van der Waals surface area (Å²) < 4.78 is 0. The highest BCUT2D eigenvalue weighted by atomic mass is 32.1. The van der Waals surface area contributed by atoms with Gasteiger partial charge in [-0.15, -0.1) is 0 Å². The van der Waals surface area contributed by atoms with Crippen LogP contribution >= 0.6 is 12.6 Å². The van der Waals surface area contributed by atoms with Gasteiger partial charge in [0.15, 0.2) is 0 Å². The molecule has 3 nitrogen and oxygen atoms in total. The van der Waals surface area contributed by atoms with Crippen molar-refractivity contribution in [2.24, 2.45) is 0 Å². The minimum absolute atomic E-state index is 0.343. The Morgan fingerprint density at radius 1 is 1.29 bits per heavy atom. The first-order valence-electron chi connectivity index (χ1n) is 1.68. The van der Waals surface area contributed by atoms with Gasteiger partial charge >= 0.3 is 0 Å². The smallest absolute Gasteiger partial charge is 0.222 e. The molecule has 0 aliphatic rings. The van der Waals surface area contributed by atoms with Crippen molar-refractivity contribution in [3.05, 3.63) is 12.7 Å². The lowest BCUT2D eigenvalue weighted by Crippen LogP contribution is -1.80. The van der Waals surface area contributed by atoms with Crippen molar-refractivity contribution < 1.29 is 0 Å². The zero-order valence-corrected chi connectivity index (χ0v) is 4.22. The van der Waals surface area contributed by atoms with Crippen molar-refractivity contribution in [1.82, 2.24) is 15.0 Å². The van der Waals surface area contributed by atoms with Crippen molar-refractivity contribution in [3.8, 4) is 0 Å². The zero-order chi connectivity index (χ0) is 5.11. The van der Waals surface area contributed by atoms with E-state index >= 15 is 0 Å². The highest BCUT2D eigenvalue weighted by Crippen LogP contribution is 1.86. The van der Waals surface area contributed by atoms with Crippen LogP contribution in [0.2, 0.25) is 0 Å². The van der Waals surface area contributed by atoms with Gasteiger partial charge in [0.05, 0.1) is 0 Å². The highest BCUT2D eigenvalue weighted by molar-refractivity contribution is 7.80. The summed E-state index contributed by atoms with van der Waals surface area (Å²) in [5.74, 6) is 0. The van der Waals surface area contributed by atoms with Crippen LogP contribution in [-0.2, 0) is 0 Å². The molecule has 1 aromatic heterocycles. The zero-order valence-electron chi connectivity index (χ0n) is 3.40. The molecule has 7 heavy (non-hydrogen) atoms. The van der Waals surface area contributed by atoms with Crippen molar-refractivity contribution in [2.45, 2.75) is 5.16 Å². The molecular formula is C3H2N3S. The van der Waals surface area contributed by atoms with Crippen LogP contribution in [0.15, 0.2) is 17.8 Å². The molecule has 0 saturated heterocycles. The predicted octanol–water partition coefficient (Wildman–Crippen LogP) is 0.428. The second-order valence-corrected chi connectivity index (χ2v) is 1.29. The van der Waals surface area contributed by atoms with Gasteiger partial charge in [0.25, 0.3) is 0 Å². The molecule has 0 fully saturated rings. The quantitative estimate of drug-likeness (QED) is 0.488. The van der Waals surface area contributed by atoms with Crippen LogP contribution in [0.25, 0.3) is 0 Å². The molecule has 1 heterocycles. The lowest BCUT2D eigenvalue weighted by atomic mass is 11.1. The number of hydrogen-bond donors (Lipinski definition) is 0. The van der Waals surface area contributed by atoms with Crippen molar-refractivity contribution in [1.29, 1.82) is 0 Å². The van der Waals surface area contributed by atoms with Gasteiger partial charge in [-0.3, -0.25) is 0 Å². The van der Waals surface area contributed by atoms with E-state index in [2.05, 4.69) is 27.6 Å². The third-order valence-electron chi connectivity index (χ3n) is 0.470. The molecule has 0 bridgehead atoms. The largest absolute Gasteiger partial charge is 0.225 e. The molecule has 0 spiro atoms. The lowest BCUT2D eigenvalue weighted by molar-refractivity contribution is 0.907. The van der Waals surface area contributed by atoms with E-state index in [1.807, 2.05) is 0 Å². The molecule has 0 atom stereocenters. The standard InChI is InChI=1S/C3H2N3S/c7-3-5-1-4-2-6-3/h1-2H. The number of aromatic nitrogens is 3. The molecule has 35 valence electrons. The fraction of sp³-hybridized carbons (Fsp3) is 0. The maximum atomic E-state index is 4.55. The molecule has 0 aromatic carbocycles. The Morgan fingerprint density at radius 2 is 1.86 bits per heavy atom. The van der Waals surface area contributed by atoms with Crippen LogP contribution < -0.4 is 0 Å². The van der Waals surface area contributed by atoms with Gasteiger partial charge < -0.3 is 0 Å². The first-order valence-corrected chi connectivity index (χ1v) is 2.09. The number of rotatable bonds is 0. The maximum Gasteiger partial charge on any atom is 0.222 e. The molecule has 0 aliphatic carbocycles. The van der Waals surface area contributed by atoms with Gasteiger partial charge in [-0.05, 0) is 12.6 Å². The van der Waals surface area contributed by atoms with Gasteiger partial charge in [-0.2, -0.15) is 0 Å². The van der Waals surface area contributed by atoms with Crippen molar-refractivity contribution >= 4 is 12.6 Å². The van der Waals surface area contributed by atoms with E-state index in [1.54, 1.807) is 0 Å². The van der Waals surface area contributed by atoms with Crippen LogP contribution in [0.1, 0.15) is 0 Å². The molecule has 1 aromatic rings. The molecular weight excluding hydrogens is 110 g/mol. The Kier molecular flexibility index (Phi) is 1.12. The highest BCUT2D eigenvalue weighted by Gasteiger charge is 1.79. The van der Waals surface area contributed by atoms with E-state index in [4.69, 9.17) is 0 Å². The molecule has 0 unspecified atom stereocenters. The summed E-state index contributed by atoms with van der Waals surface area (Å²) in [7, 11) is 0. The Bertz CT molecular complexity index is 140. The minimum Gasteiger partial charge on any atom is -0.225 e. The fourth-order valence-corrected chi connectivity index (χ4v) is 0.323. The summed E-state index contributed by atoms with van der Waals surface area (Å²) in [6.45, 7) is 0. The third kappa shape index (κ3) is 1.04. The maximum absolute atomic E-state index is 4.55. The summed E-state index contributed by atoms with van der Waals surface area (Å²) in [6, 6.07) is 0. The van der Waals surface area contributed by atoms with E-state index in [9.17, 15) is 0 Å². The first-order chi connectivity index (χ1) is 3.39. The van der Waals surface area contributed by atoms with Crippen LogP contribution in [0, 0.1) is 0 Å². The molecule has 1 rings (SSSR count). The van der Waals surface area contributed by atoms with Gasteiger partial charge in [0.1, 0.15) is 12.7 Å². The summed E-state index contributed by atoms with van der Waals surface area (Å²) >= 11 is 4.55. The minimum atomic E-state index is 0.343. The van der Waals surface area contributed by atoms with Gasteiger partial charge in [-0.25, -0.2) is 15.0 Å². The van der Waals surface area contributed by atoms with E-state index in [0.717, 1.165) is 0 Å². The van der Waals surface area contributed by atoms with E-state index < -0.39 is 0 Å². The number of nitrogens with zero attached hydrogens (tertiary/aromatic N) is 3. The van der Waals surface area contributed by atoms with Gasteiger partial charge in [0, 0.05) is 0 Å². The van der Waals surface area contributed by atoms with Crippen molar-refractivity contribution in [2.75, 3.05) is 0 Å². The van der Waals surface area contributed by atoms with Gasteiger partial charge in [0.2, 0.25) is 5.16 Å². The molecule has 0 N–H and O–H groups in total. The van der Waals surface area contributed by atoms with E-state index in [0.29, 0.717) is 5.16 Å². The summed E-state index contributed by atoms with van der Waals surface area (Å²) in [5, 5.41) is 0.343. The Morgan fingerprint density at radius 3 is 2.14 bits per heavy atom. The summed E-state index contributed by atoms with van der Waals surface area (Å²) in [4.78, 5) is 10.7. The normalized spacial score (nSPS) is 8.57. The number of hydrogen-bond acceptors (Lipinski definition) is 3. The Balaban J connectivity index is 3.02. The summed E-state index contributed by atoms with van der Waals surface area (Å²) in [5.41, 5.74) is 0. The second-order valence-electron chi connectivity index (χ2n) is 0.921. The van der Waals surface area contributed by atoms with Crippen LogP contribution in [-0.4, -0.2) is 15.0 Å². The lowest BCUT2D eigenvalue weighted by Gasteiger charge is -1.78. The topological polar surface area (TPSA) is 38.7 Å². The fourth-order valence-electron chi connectivity index (χ4n) is 0.229. The average molecular weight is 112 g/mol. The molecule has 0 amide bonds. The van der Waals surface area contributed by atoms with Crippen LogP contribution in [0.3, 0.4) is 0 Å². The molecule has 1 radical (unpaired) electrons. The van der Waals surface area contributed by atoms with Crippen molar-refractivity contribution in [3.63, 3.8) is 0 Å². The molecule has 4 heteroatoms. The third-order valence-corrected chi connectivity index (χ3v) is 0.681. The first kappa shape index (κ1) is 4.39. The average Bonchev–Trinajstić information content (AvgIpc) is 1.69. The molecule has 0 saturated carbocycles. The van der Waals surface area contributed by atoms with Crippen LogP contribution in [0.4, 0.5) is 0 Å². The predicted molar refractivity (Wildman–Crippen MR) is 25.7 cm³/mol. The van der Waals surface area contributed by atoms with E-state index in [-0.39, 0.29) is 0 Å². The monoisotopic (exact) mass is 112 g/mol. The summed E-state index contributed by atoms with van der Waals surface area (Å²) in [6.07, 6.45) is 2.74. The second kappa shape index (κ2) is 1.79. The van der Waals surface area contributed by atoms with E-state index in [1.165, 1.54) is 12.7 Å². The van der Waals surface area contributed by atoms with Gasteiger partial charge in [-0.1, -0.05) is 0 Å².